The highest BCUT2D eigenvalue weighted by Gasteiger charge is 2.06. The zero-order valence-electron chi connectivity index (χ0n) is 14.4. The lowest BCUT2D eigenvalue weighted by atomic mass is 10.1. The van der Waals surface area contributed by atoms with Gasteiger partial charge in [0, 0.05) is 5.56 Å². The number of para-hydroxylation sites is 1. The van der Waals surface area contributed by atoms with Crippen molar-refractivity contribution in [1.82, 2.24) is 10.7 Å². The molecule has 0 aliphatic carbocycles. The van der Waals surface area contributed by atoms with Crippen molar-refractivity contribution >= 4 is 24.0 Å². The van der Waals surface area contributed by atoms with Crippen LogP contribution in [0.5, 0.6) is 5.75 Å². The van der Waals surface area contributed by atoms with E-state index in [0.717, 1.165) is 5.56 Å². The number of ether oxygens (including phenoxy) is 1. The van der Waals surface area contributed by atoms with Crippen LogP contribution in [-0.2, 0) is 20.8 Å². The third-order valence-electron chi connectivity index (χ3n) is 3.32. The lowest BCUT2D eigenvalue weighted by Crippen LogP contribution is -2.35. The summed E-state index contributed by atoms with van der Waals surface area (Å²) in [6.07, 6.45) is 1.52. The van der Waals surface area contributed by atoms with E-state index >= 15 is 0 Å². The van der Waals surface area contributed by atoms with Crippen LogP contribution in [0.4, 0.5) is 0 Å². The minimum atomic E-state index is -1.10. The number of hydrazone groups is 1. The van der Waals surface area contributed by atoms with Crippen molar-refractivity contribution in [2.45, 2.75) is 6.42 Å². The molecule has 0 fully saturated rings. The van der Waals surface area contributed by atoms with Gasteiger partial charge in [0.1, 0.15) is 5.75 Å². The van der Waals surface area contributed by atoms with Gasteiger partial charge in [-0.15, -0.1) is 0 Å². The number of amides is 2. The van der Waals surface area contributed by atoms with Gasteiger partial charge in [-0.05, 0) is 17.7 Å². The van der Waals surface area contributed by atoms with Crippen LogP contribution in [0.1, 0.15) is 11.1 Å². The largest absolute Gasteiger partial charge is 0.481 e. The van der Waals surface area contributed by atoms with Crippen LogP contribution in [-0.4, -0.2) is 42.3 Å². The first-order valence-electron chi connectivity index (χ1n) is 8.11. The first kappa shape index (κ1) is 19.6. The SMILES string of the molecule is O=C(O)COc1ccccc1C=NNC(=O)CNC(=O)Cc1ccccc1. The van der Waals surface area contributed by atoms with E-state index in [4.69, 9.17) is 9.84 Å². The van der Waals surface area contributed by atoms with Crippen LogP contribution in [0.2, 0.25) is 0 Å². The van der Waals surface area contributed by atoms with Crippen molar-refractivity contribution in [2.24, 2.45) is 5.10 Å². The van der Waals surface area contributed by atoms with Gasteiger partial charge in [-0.25, -0.2) is 10.2 Å². The first-order valence-corrected chi connectivity index (χ1v) is 8.11. The monoisotopic (exact) mass is 369 g/mol. The van der Waals surface area contributed by atoms with E-state index in [0.29, 0.717) is 11.3 Å². The maximum atomic E-state index is 11.8. The molecule has 8 heteroatoms. The molecule has 8 nitrogen and oxygen atoms in total. The first-order chi connectivity index (χ1) is 13.0. The van der Waals surface area contributed by atoms with Gasteiger partial charge < -0.3 is 15.2 Å². The highest BCUT2D eigenvalue weighted by molar-refractivity contribution is 5.88. The fourth-order valence-corrected chi connectivity index (χ4v) is 2.09. The van der Waals surface area contributed by atoms with Crippen molar-refractivity contribution < 1.29 is 24.2 Å². The van der Waals surface area contributed by atoms with Crippen LogP contribution < -0.4 is 15.5 Å². The molecule has 0 saturated carbocycles. The Kier molecular flexibility index (Phi) is 7.52. The summed E-state index contributed by atoms with van der Waals surface area (Å²) in [6.45, 7) is -0.690. The molecular formula is C19H19N3O5. The van der Waals surface area contributed by atoms with Crippen molar-refractivity contribution in [2.75, 3.05) is 13.2 Å². The van der Waals surface area contributed by atoms with Crippen LogP contribution in [0.25, 0.3) is 0 Å². The number of carboxylic acid groups (broad SMARTS) is 1. The summed E-state index contributed by atoms with van der Waals surface area (Å²) in [7, 11) is 0. The Morgan fingerprint density at radius 1 is 1.00 bits per heavy atom. The summed E-state index contributed by atoms with van der Waals surface area (Å²) < 4.78 is 5.13. The van der Waals surface area contributed by atoms with Gasteiger partial charge in [-0.1, -0.05) is 42.5 Å². The summed E-state index contributed by atoms with van der Waals surface area (Å²) in [5, 5.41) is 15.0. The molecule has 2 rings (SSSR count). The van der Waals surface area contributed by atoms with E-state index in [-0.39, 0.29) is 18.9 Å². The molecule has 0 spiro atoms. The van der Waals surface area contributed by atoms with E-state index in [1.54, 1.807) is 24.3 Å². The van der Waals surface area contributed by atoms with Gasteiger partial charge in [0.2, 0.25) is 5.91 Å². The summed E-state index contributed by atoms with van der Waals surface area (Å²) >= 11 is 0. The number of carbonyl (C=O) groups excluding carboxylic acids is 2. The zero-order valence-corrected chi connectivity index (χ0v) is 14.4. The molecule has 0 radical (unpaired) electrons. The number of rotatable bonds is 9. The number of nitrogens with one attached hydrogen (secondary N) is 2. The lowest BCUT2D eigenvalue weighted by molar-refractivity contribution is -0.139. The number of aliphatic carboxylic acids is 1. The van der Waals surface area contributed by atoms with Crippen molar-refractivity contribution in [3.63, 3.8) is 0 Å². The van der Waals surface area contributed by atoms with E-state index < -0.39 is 18.5 Å². The third-order valence-corrected chi connectivity index (χ3v) is 3.32. The van der Waals surface area contributed by atoms with E-state index in [1.165, 1.54) is 6.21 Å². The Labute approximate surface area is 155 Å². The summed E-state index contributed by atoms with van der Waals surface area (Å²) in [5.74, 6) is -1.53. The topological polar surface area (TPSA) is 117 Å². The molecule has 2 amide bonds. The number of hydrogen-bond donors (Lipinski definition) is 3. The van der Waals surface area contributed by atoms with Crippen LogP contribution in [0.15, 0.2) is 59.7 Å². The Bertz CT molecular complexity index is 821. The second-order valence-electron chi connectivity index (χ2n) is 5.45. The van der Waals surface area contributed by atoms with Gasteiger partial charge >= 0.3 is 5.97 Å². The molecule has 0 atom stereocenters. The Balaban J connectivity index is 1.78. The van der Waals surface area contributed by atoms with Gasteiger partial charge in [0.25, 0.3) is 5.91 Å². The molecule has 3 N–H and O–H groups in total. The molecule has 0 bridgehead atoms. The van der Waals surface area contributed by atoms with Crippen LogP contribution in [0, 0.1) is 0 Å². The van der Waals surface area contributed by atoms with Crippen molar-refractivity contribution in [3.05, 3.63) is 65.7 Å². The smallest absolute Gasteiger partial charge is 0.341 e. The predicted molar refractivity (Wildman–Crippen MR) is 98.5 cm³/mol. The molecule has 2 aromatic carbocycles. The normalized spacial score (nSPS) is 10.4. The van der Waals surface area contributed by atoms with Crippen molar-refractivity contribution in [1.29, 1.82) is 0 Å². The summed E-state index contributed by atoms with van der Waals surface area (Å²) in [5.41, 5.74) is 3.65. The molecule has 0 heterocycles. The number of nitrogens with zero attached hydrogens (tertiary/aromatic N) is 1. The minimum Gasteiger partial charge on any atom is -0.481 e. The fraction of sp³-hybridized carbons (Fsp3) is 0.158. The number of carboxylic acids is 1. The maximum Gasteiger partial charge on any atom is 0.341 e. The van der Waals surface area contributed by atoms with E-state index in [1.807, 2.05) is 30.3 Å². The summed E-state index contributed by atoms with van der Waals surface area (Å²) in [6, 6.07) is 15.9. The number of benzene rings is 2. The molecule has 0 aromatic heterocycles. The lowest BCUT2D eigenvalue weighted by Gasteiger charge is -2.06. The Hall–Kier alpha value is -3.68. The fourth-order valence-electron chi connectivity index (χ4n) is 2.09. The van der Waals surface area contributed by atoms with Gasteiger partial charge in [-0.3, -0.25) is 9.59 Å². The average Bonchev–Trinajstić information content (AvgIpc) is 2.66. The Morgan fingerprint density at radius 2 is 1.70 bits per heavy atom. The second-order valence-corrected chi connectivity index (χ2v) is 5.45. The molecule has 27 heavy (non-hydrogen) atoms. The molecular weight excluding hydrogens is 350 g/mol. The van der Waals surface area contributed by atoms with Crippen LogP contribution in [0.3, 0.4) is 0 Å². The standard InChI is InChI=1S/C19H19N3O5/c23-17(10-14-6-2-1-3-7-14)20-12-18(24)22-21-11-15-8-4-5-9-16(15)27-13-19(25)26/h1-9,11H,10,12-13H2,(H,20,23)(H,22,24)(H,25,26). The maximum absolute atomic E-state index is 11.8. The average molecular weight is 369 g/mol. The zero-order chi connectivity index (χ0) is 19.5. The van der Waals surface area contributed by atoms with Crippen LogP contribution >= 0.6 is 0 Å². The van der Waals surface area contributed by atoms with Gasteiger partial charge in [0.15, 0.2) is 6.61 Å². The molecule has 0 aliphatic rings. The van der Waals surface area contributed by atoms with Gasteiger partial charge in [-0.2, -0.15) is 5.10 Å². The highest BCUT2D eigenvalue weighted by atomic mass is 16.5. The molecule has 2 aromatic rings. The number of hydrogen-bond acceptors (Lipinski definition) is 5. The summed E-state index contributed by atoms with van der Waals surface area (Å²) in [4.78, 5) is 34.1. The Morgan fingerprint density at radius 3 is 2.44 bits per heavy atom. The predicted octanol–water partition coefficient (Wildman–Crippen LogP) is 0.959. The third kappa shape index (κ3) is 7.39. The molecule has 140 valence electrons. The van der Waals surface area contributed by atoms with Crippen molar-refractivity contribution in [3.8, 4) is 5.75 Å². The number of carbonyl (C=O) groups is 3. The van der Waals surface area contributed by atoms with Gasteiger partial charge in [0.05, 0.1) is 19.2 Å². The minimum absolute atomic E-state index is 0.186. The highest BCUT2D eigenvalue weighted by Crippen LogP contribution is 2.15. The second kappa shape index (κ2) is 10.3. The quantitative estimate of drug-likeness (QED) is 0.450. The molecule has 0 aliphatic heterocycles. The van der Waals surface area contributed by atoms with E-state index in [2.05, 4.69) is 15.8 Å². The van der Waals surface area contributed by atoms with E-state index in [9.17, 15) is 14.4 Å². The molecule has 0 unspecified atom stereocenters. The molecule has 0 saturated heterocycles.